The Labute approximate surface area is 126 Å². The zero-order valence-corrected chi connectivity index (χ0v) is 14.2. The summed E-state index contributed by atoms with van der Waals surface area (Å²) in [6.07, 6.45) is 8.30. The van der Waals surface area contributed by atoms with Gasteiger partial charge in [-0.3, -0.25) is 4.90 Å². The van der Waals surface area contributed by atoms with Crippen molar-refractivity contribution in [1.82, 2.24) is 10.2 Å². The molecule has 2 nitrogen and oxygen atoms in total. The molecule has 118 valence electrons. The first-order chi connectivity index (χ1) is 9.65. The normalized spacial score (nSPS) is 35.9. The van der Waals surface area contributed by atoms with Crippen LogP contribution < -0.4 is 5.32 Å². The van der Waals surface area contributed by atoms with Gasteiger partial charge in [0.2, 0.25) is 0 Å². The lowest BCUT2D eigenvalue weighted by molar-refractivity contribution is 0.0981. The van der Waals surface area contributed by atoms with Crippen molar-refractivity contribution in [1.29, 1.82) is 0 Å². The summed E-state index contributed by atoms with van der Waals surface area (Å²) in [5, 5.41) is 3.85. The lowest BCUT2D eigenvalue weighted by Crippen LogP contribution is -2.53. The summed E-state index contributed by atoms with van der Waals surface area (Å²) in [6.45, 7) is 13.4. The highest BCUT2D eigenvalue weighted by molar-refractivity contribution is 4.94. The molecule has 4 unspecified atom stereocenters. The van der Waals surface area contributed by atoms with Crippen LogP contribution in [0.4, 0.5) is 0 Å². The van der Waals surface area contributed by atoms with Crippen molar-refractivity contribution in [2.24, 2.45) is 17.8 Å². The fraction of sp³-hybridized carbons (Fsp3) is 1.00. The second kappa shape index (κ2) is 7.79. The van der Waals surface area contributed by atoms with E-state index >= 15 is 0 Å². The average molecular weight is 280 g/mol. The van der Waals surface area contributed by atoms with Crippen molar-refractivity contribution in [3.8, 4) is 0 Å². The van der Waals surface area contributed by atoms with E-state index in [-0.39, 0.29) is 0 Å². The van der Waals surface area contributed by atoms with Gasteiger partial charge < -0.3 is 5.32 Å². The van der Waals surface area contributed by atoms with Crippen molar-refractivity contribution >= 4 is 0 Å². The van der Waals surface area contributed by atoms with Gasteiger partial charge in [-0.15, -0.1) is 0 Å². The summed E-state index contributed by atoms with van der Waals surface area (Å²) in [7, 11) is 0. The molecule has 1 heterocycles. The van der Waals surface area contributed by atoms with Crippen molar-refractivity contribution < 1.29 is 0 Å². The number of nitrogens with one attached hydrogen (secondary N) is 1. The Morgan fingerprint density at radius 2 is 1.95 bits per heavy atom. The van der Waals surface area contributed by atoms with Crippen LogP contribution in [0.3, 0.4) is 0 Å². The third-order valence-electron chi connectivity index (χ3n) is 5.82. The fourth-order valence-corrected chi connectivity index (χ4v) is 4.25. The van der Waals surface area contributed by atoms with Gasteiger partial charge in [0.05, 0.1) is 0 Å². The molecule has 0 aromatic carbocycles. The molecule has 1 saturated carbocycles. The summed E-state index contributed by atoms with van der Waals surface area (Å²) in [4.78, 5) is 2.83. The molecular weight excluding hydrogens is 244 g/mol. The SMILES string of the molecule is CCCNC1CCC(C(C)C)CC1N1CCC(CC)C1. The average Bonchev–Trinajstić information content (AvgIpc) is 2.93. The number of likely N-dealkylation sites (tertiary alicyclic amines) is 1. The Morgan fingerprint density at radius 3 is 2.55 bits per heavy atom. The standard InChI is InChI=1S/C18H36N2/c1-5-10-19-17-8-7-16(14(3)4)12-18(17)20-11-9-15(6-2)13-20/h14-19H,5-13H2,1-4H3. The van der Waals surface area contributed by atoms with Gasteiger partial charge in [-0.25, -0.2) is 0 Å². The first-order valence-electron chi connectivity index (χ1n) is 9.13. The lowest BCUT2D eigenvalue weighted by atomic mass is 9.76. The molecule has 1 aliphatic carbocycles. The Bertz CT molecular complexity index is 275. The molecule has 1 aliphatic heterocycles. The fourth-order valence-electron chi connectivity index (χ4n) is 4.25. The Hall–Kier alpha value is -0.0800. The lowest BCUT2D eigenvalue weighted by Gasteiger charge is -2.43. The smallest absolute Gasteiger partial charge is 0.0252 e. The molecule has 2 fully saturated rings. The Kier molecular flexibility index (Phi) is 6.35. The number of nitrogens with zero attached hydrogens (tertiary/aromatic N) is 1. The van der Waals surface area contributed by atoms with Gasteiger partial charge in [0.15, 0.2) is 0 Å². The highest BCUT2D eigenvalue weighted by atomic mass is 15.2. The molecule has 0 aromatic heterocycles. The second-order valence-corrected chi connectivity index (χ2v) is 7.50. The highest BCUT2D eigenvalue weighted by Gasteiger charge is 2.37. The van der Waals surface area contributed by atoms with Gasteiger partial charge in [0.25, 0.3) is 0 Å². The monoisotopic (exact) mass is 280 g/mol. The topological polar surface area (TPSA) is 15.3 Å². The van der Waals surface area contributed by atoms with Gasteiger partial charge >= 0.3 is 0 Å². The largest absolute Gasteiger partial charge is 0.312 e. The van der Waals surface area contributed by atoms with Crippen LogP contribution in [0, 0.1) is 17.8 Å². The van der Waals surface area contributed by atoms with Crippen LogP contribution in [0.15, 0.2) is 0 Å². The molecule has 0 amide bonds. The zero-order valence-electron chi connectivity index (χ0n) is 14.2. The van der Waals surface area contributed by atoms with E-state index in [0.717, 1.165) is 29.8 Å². The van der Waals surface area contributed by atoms with Crippen molar-refractivity contribution in [2.75, 3.05) is 19.6 Å². The molecule has 2 rings (SSSR count). The van der Waals surface area contributed by atoms with E-state index < -0.39 is 0 Å². The second-order valence-electron chi connectivity index (χ2n) is 7.50. The van der Waals surface area contributed by atoms with E-state index in [1.165, 1.54) is 58.2 Å². The van der Waals surface area contributed by atoms with Gasteiger partial charge in [-0.2, -0.15) is 0 Å². The quantitative estimate of drug-likeness (QED) is 0.793. The zero-order chi connectivity index (χ0) is 14.5. The maximum Gasteiger partial charge on any atom is 0.0252 e. The van der Waals surface area contributed by atoms with E-state index in [2.05, 4.69) is 37.9 Å². The Morgan fingerprint density at radius 1 is 1.15 bits per heavy atom. The molecule has 1 N–H and O–H groups in total. The first kappa shape index (κ1) is 16.3. The van der Waals surface area contributed by atoms with Gasteiger partial charge in [0.1, 0.15) is 0 Å². The van der Waals surface area contributed by atoms with E-state index in [9.17, 15) is 0 Å². The van der Waals surface area contributed by atoms with E-state index in [1.807, 2.05) is 0 Å². The molecular formula is C18H36N2. The minimum atomic E-state index is 0.751. The van der Waals surface area contributed by atoms with Crippen LogP contribution in [0.5, 0.6) is 0 Å². The number of rotatable bonds is 6. The van der Waals surface area contributed by atoms with E-state index in [4.69, 9.17) is 0 Å². The van der Waals surface area contributed by atoms with Crippen molar-refractivity contribution in [2.45, 2.75) is 78.3 Å². The molecule has 0 radical (unpaired) electrons. The summed E-state index contributed by atoms with van der Waals surface area (Å²) < 4.78 is 0. The number of hydrogen-bond donors (Lipinski definition) is 1. The third kappa shape index (κ3) is 3.98. The number of hydrogen-bond acceptors (Lipinski definition) is 2. The maximum absolute atomic E-state index is 3.85. The van der Waals surface area contributed by atoms with E-state index in [0.29, 0.717) is 0 Å². The van der Waals surface area contributed by atoms with Crippen LogP contribution in [-0.2, 0) is 0 Å². The molecule has 20 heavy (non-hydrogen) atoms. The first-order valence-corrected chi connectivity index (χ1v) is 9.13. The third-order valence-corrected chi connectivity index (χ3v) is 5.82. The minimum absolute atomic E-state index is 0.751. The van der Waals surface area contributed by atoms with E-state index in [1.54, 1.807) is 0 Å². The maximum atomic E-state index is 3.85. The minimum Gasteiger partial charge on any atom is -0.312 e. The van der Waals surface area contributed by atoms with Gasteiger partial charge in [-0.05, 0) is 62.9 Å². The molecule has 0 aromatic rings. The van der Waals surface area contributed by atoms with Crippen LogP contribution >= 0.6 is 0 Å². The van der Waals surface area contributed by atoms with Crippen LogP contribution in [0.25, 0.3) is 0 Å². The predicted molar refractivity (Wildman–Crippen MR) is 88.0 cm³/mol. The van der Waals surface area contributed by atoms with Gasteiger partial charge in [-0.1, -0.05) is 34.1 Å². The van der Waals surface area contributed by atoms with Crippen molar-refractivity contribution in [3.05, 3.63) is 0 Å². The van der Waals surface area contributed by atoms with Gasteiger partial charge in [0, 0.05) is 18.6 Å². The molecule has 1 saturated heterocycles. The Balaban J connectivity index is 1.97. The van der Waals surface area contributed by atoms with Crippen LogP contribution in [-0.4, -0.2) is 36.6 Å². The highest BCUT2D eigenvalue weighted by Crippen LogP contribution is 2.35. The van der Waals surface area contributed by atoms with Crippen LogP contribution in [0.2, 0.25) is 0 Å². The molecule has 4 atom stereocenters. The summed E-state index contributed by atoms with van der Waals surface area (Å²) >= 11 is 0. The predicted octanol–water partition coefficient (Wildman–Crippen LogP) is 3.91. The summed E-state index contributed by atoms with van der Waals surface area (Å²) in [6, 6.07) is 1.56. The molecule has 2 heteroatoms. The van der Waals surface area contributed by atoms with Crippen LogP contribution in [0.1, 0.15) is 66.2 Å². The van der Waals surface area contributed by atoms with Crippen molar-refractivity contribution in [3.63, 3.8) is 0 Å². The summed E-state index contributed by atoms with van der Waals surface area (Å²) in [5.74, 6) is 2.76. The summed E-state index contributed by atoms with van der Waals surface area (Å²) in [5.41, 5.74) is 0. The molecule has 2 aliphatic rings. The molecule has 0 bridgehead atoms. The molecule has 0 spiro atoms.